The number of nitrogens with zero attached hydrogens (tertiary/aromatic N) is 1. The van der Waals surface area contributed by atoms with E-state index in [0.29, 0.717) is 12.5 Å². The molecule has 0 heterocycles. The van der Waals surface area contributed by atoms with Gasteiger partial charge in [-0.1, -0.05) is 26.0 Å². The van der Waals surface area contributed by atoms with E-state index in [1.54, 1.807) is 0 Å². The van der Waals surface area contributed by atoms with E-state index < -0.39 is 0 Å². The van der Waals surface area contributed by atoms with Crippen LogP contribution in [0.2, 0.25) is 0 Å². The number of benzene rings is 1. The Hall–Kier alpha value is -1.35. The summed E-state index contributed by atoms with van der Waals surface area (Å²) in [7, 11) is 0. The number of Topliss-reactive ketones (excluding diaryl/α,β-unsaturated/α-hetero) is 1. The van der Waals surface area contributed by atoms with Crippen molar-refractivity contribution in [3.05, 3.63) is 29.8 Å². The van der Waals surface area contributed by atoms with Crippen molar-refractivity contribution < 1.29 is 9.53 Å². The van der Waals surface area contributed by atoms with Gasteiger partial charge in [-0.3, -0.25) is 4.79 Å². The topological polar surface area (TPSA) is 29.5 Å². The summed E-state index contributed by atoms with van der Waals surface area (Å²) in [5.41, 5.74) is 0.769. The molecule has 0 amide bonds. The molecule has 1 aromatic carbocycles. The van der Waals surface area contributed by atoms with Gasteiger partial charge in [0.05, 0.1) is 6.10 Å². The first kappa shape index (κ1) is 14.1. The molecule has 1 aromatic rings. The summed E-state index contributed by atoms with van der Waals surface area (Å²) in [4.78, 5) is 14.4. The molecule has 0 radical (unpaired) electrons. The maximum Gasteiger partial charge on any atom is 0.164 e. The molecule has 0 saturated heterocycles. The number of rotatable bonds is 8. The van der Waals surface area contributed by atoms with Gasteiger partial charge in [0.1, 0.15) is 5.75 Å². The maximum absolute atomic E-state index is 12.2. The quantitative estimate of drug-likeness (QED) is 0.673. The first-order chi connectivity index (χ1) is 9.22. The van der Waals surface area contributed by atoms with Crippen LogP contribution >= 0.6 is 0 Å². The van der Waals surface area contributed by atoms with Gasteiger partial charge in [0.2, 0.25) is 0 Å². The van der Waals surface area contributed by atoms with Gasteiger partial charge in [-0.05, 0) is 38.1 Å². The second-order valence-corrected chi connectivity index (χ2v) is 5.05. The number of ether oxygens (including phenoxy) is 1. The Kier molecular flexibility index (Phi) is 4.97. The van der Waals surface area contributed by atoms with Crippen molar-refractivity contribution in [2.75, 3.05) is 19.6 Å². The Morgan fingerprint density at radius 3 is 2.68 bits per heavy atom. The van der Waals surface area contributed by atoms with E-state index in [-0.39, 0.29) is 5.78 Å². The number of ketones is 1. The molecule has 1 fully saturated rings. The number of carbonyl (C=O) groups excluding carboxylic acids is 1. The lowest BCUT2D eigenvalue weighted by Gasteiger charge is -2.17. The highest BCUT2D eigenvalue weighted by atomic mass is 16.5. The molecule has 0 unspecified atom stereocenters. The molecule has 1 aliphatic rings. The van der Waals surface area contributed by atoms with Crippen LogP contribution in [0.4, 0.5) is 0 Å². The van der Waals surface area contributed by atoms with Crippen molar-refractivity contribution in [2.24, 2.45) is 0 Å². The van der Waals surface area contributed by atoms with Crippen LogP contribution in [0.3, 0.4) is 0 Å². The molecule has 0 aromatic heterocycles. The molecule has 2 rings (SSSR count). The summed E-state index contributed by atoms with van der Waals surface area (Å²) in [6.07, 6.45) is 3.23. The first-order valence-corrected chi connectivity index (χ1v) is 7.25. The van der Waals surface area contributed by atoms with E-state index in [9.17, 15) is 4.79 Å². The van der Waals surface area contributed by atoms with Gasteiger partial charge in [0.15, 0.2) is 5.78 Å². The van der Waals surface area contributed by atoms with Gasteiger partial charge in [-0.2, -0.15) is 0 Å². The lowest BCUT2D eigenvalue weighted by atomic mass is 10.1. The highest BCUT2D eigenvalue weighted by Crippen LogP contribution is 2.27. The Morgan fingerprint density at radius 2 is 2.05 bits per heavy atom. The average Bonchev–Trinajstić information content (AvgIpc) is 3.24. The summed E-state index contributed by atoms with van der Waals surface area (Å²) >= 11 is 0. The van der Waals surface area contributed by atoms with Crippen molar-refractivity contribution in [3.8, 4) is 5.75 Å². The molecule has 3 heteroatoms. The first-order valence-electron chi connectivity index (χ1n) is 7.25. The third kappa shape index (κ3) is 4.35. The van der Waals surface area contributed by atoms with Crippen molar-refractivity contribution in [1.29, 1.82) is 0 Å². The molecule has 1 aliphatic carbocycles. The third-order valence-electron chi connectivity index (χ3n) is 3.53. The minimum Gasteiger partial charge on any atom is -0.490 e. The Morgan fingerprint density at radius 1 is 1.32 bits per heavy atom. The molecule has 1 saturated carbocycles. The summed E-state index contributed by atoms with van der Waals surface area (Å²) in [5.74, 6) is 1.03. The van der Waals surface area contributed by atoms with Gasteiger partial charge in [-0.25, -0.2) is 0 Å². The maximum atomic E-state index is 12.2. The normalized spacial score (nSPS) is 14.7. The van der Waals surface area contributed by atoms with Gasteiger partial charge < -0.3 is 9.64 Å². The molecule has 0 atom stereocenters. The number of hydrogen-bond acceptors (Lipinski definition) is 3. The predicted octanol–water partition coefficient (Wildman–Crippen LogP) is 3.14. The average molecular weight is 261 g/mol. The second-order valence-electron chi connectivity index (χ2n) is 5.05. The second kappa shape index (κ2) is 6.71. The molecule has 19 heavy (non-hydrogen) atoms. The van der Waals surface area contributed by atoms with Crippen molar-refractivity contribution in [1.82, 2.24) is 4.90 Å². The number of carbonyl (C=O) groups is 1. The standard InChI is InChI=1S/C16H23NO2/c1-3-17(4-2)11-10-16(18)13-6-5-7-15(12-13)19-14-8-9-14/h5-7,12,14H,3-4,8-11H2,1-2H3. The summed E-state index contributed by atoms with van der Waals surface area (Å²) < 4.78 is 5.72. The van der Waals surface area contributed by atoms with Crippen LogP contribution in [-0.2, 0) is 0 Å². The highest BCUT2D eigenvalue weighted by molar-refractivity contribution is 5.96. The Balaban J connectivity index is 1.90. The van der Waals surface area contributed by atoms with E-state index >= 15 is 0 Å². The smallest absolute Gasteiger partial charge is 0.164 e. The van der Waals surface area contributed by atoms with Crippen molar-refractivity contribution in [2.45, 2.75) is 39.2 Å². The highest BCUT2D eigenvalue weighted by Gasteiger charge is 2.23. The van der Waals surface area contributed by atoms with Gasteiger partial charge in [-0.15, -0.1) is 0 Å². The fraction of sp³-hybridized carbons (Fsp3) is 0.562. The minimum absolute atomic E-state index is 0.202. The largest absolute Gasteiger partial charge is 0.490 e. The fourth-order valence-corrected chi connectivity index (χ4v) is 2.07. The van der Waals surface area contributed by atoms with Gasteiger partial charge in [0.25, 0.3) is 0 Å². The molecule has 104 valence electrons. The van der Waals surface area contributed by atoms with Crippen LogP contribution in [0.1, 0.15) is 43.5 Å². The van der Waals surface area contributed by atoms with Crippen LogP contribution in [0.15, 0.2) is 24.3 Å². The summed E-state index contributed by atoms with van der Waals surface area (Å²) in [6, 6.07) is 7.59. The minimum atomic E-state index is 0.202. The van der Waals surface area contributed by atoms with E-state index in [4.69, 9.17) is 4.74 Å². The Labute approximate surface area is 115 Å². The summed E-state index contributed by atoms with van der Waals surface area (Å²) in [6.45, 7) is 7.07. The van der Waals surface area contributed by atoms with Crippen LogP contribution in [0.5, 0.6) is 5.75 Å². The zero-order valence-corrected chi connectivity index (χ0v) is 11.9. The predicted molar refractivity (Wildman–Crippen MR) is 76.8 cm³/mol. The summed E-state index contributed by atoms with van der Waals surface area (Å²) in [5, 5.41) is 0. The molecule has 3 nitrogen and oxygen atoms in total. The van der Waals surface area contributed by atoms with E-state index in [1.807, 2.05) is 24.3 Å². The van der Waals surface area contributed by atoms with Crippen LogP contribution < -0.4 is 4.74 Å². The SMILES string of the molecule is CCN(CC)CCC(=O)c1cccc(OC2CC2)c1. The van der Waals surface area contributed by atoms with Gasteiger partial charge in [0, 0.05) is 18.5 Å². The van der Waals surface area contributed by atoms with Gasteiger partial charge >= 0.3 is 0 Å². The van der Waals surface area contributed by atoms with Crippen molar-refractivity contribution >= 4 is 5.78 Å². The van der Waals surface area contributed by atoms with Crippen LogP contribution in [0, 0.1) is 0 Å². The molecule has 0 bridgehead atoms. The molecular weight excluding hydrogens is 238 g/mol. The van der Waals surface area contributed by atoms with Crippen LogP contribution in [0.25, 0.3) is 0 Å². The zero-order valence-electron chi connectivity index (χ0n) is 11.9. The number of hydrogen-bond donors (Lipinski definition) is 0. The van der Waals surface area contributed by atoms with Crippen molar-refractivity contribution in [3.63, 3.8) is 0 Å². The van der Waals surface area contributed by atoms with Crippen LogP contribution in [-0.4, -0.2) is 36.4 Å². The fourth-order valence-electron chi connectivity index (χ4n) is 2.07. The lowest BCUT2D eigenvalue weighted by Crippen LogP contribution is -2.25. The lowest BCUT2D eigenvalue weighted by molar-refractivity contribution is 0.0966. The van der Waals surface area contributed by atoms with E-state index in [0.717, 1.165) is 43.8 Å². The molecule has 0 aliphatic heterocycles. The van der Waals surface area contributed by atoms with E-state index in [2.05, 4.69) is 18.7 Å². The Bertz CT molecular complexity index is 423. The monoisotopic (exact) mass is 261 g/mol. The third-order valence-corrected chi connectivity index (χ3v) is 3.53. The van der Waals surface area contributed by atoms with E-state index in [1.165, 1.54) is 0 Å². The zero-order chi connectivity index (χ0) is 13.7. The molecule has 0 spiro atoms. The molecular formula is C16H23NO2. The molecule has 0 N–H and O–H groups in total.